The molecular weight excluding hydrogens is 276 g/mol. The van der Waals surface area contributed by atoms with E-state index in [2.05, 4.69) is 4.98 Å². The van der Waals surface area contributed by atoms with Gasteiger partial charge in [0.1, 0.15) is 5.75 Å². The summed E-state index contributed by atoms with van der Waals surface area (Å²) in [6.07, 6.45) is 1.71. The molecule has 0 atom stereocenters. The molecule has 1 aromatic carbocycles. The Hall–Kier alpha value is -2.07. The van der Waals surface area contributed by atoms with E-state index in [1.165, 1.54) is 7.11 Å². The monoisotopic (exact) mass is 288 g/mol. The van der Waals surface area contributed by atoms with Crippen LogP contribution in [0.25, 0.3) is 21.7 Å². The first-order valence-electron chi connectivity index (χ1n) is 6.15. The van der Waals surface area contributed by atoms with Gasteiger partial charge in [-0.3, -0.25) is 9.78 Å². The Labute approximate surface area is 120 Å². The molecule has 0 radical (unpaired) electrons. The Kier molecular flexibility index (Phi) is 2.91. The summed E-state index contributed by atoms with van der Waals surface area (Å²) in [5, 5.41) is 2.86. The number of nitrogens with zero attached hydrogens (tertiary/aromatic N) is 2. The smallest absolute Gasteiger partial charge is 0.258 e. The Bertz CT molecular complexity index is 900. The normalized spacial score (nSPS) is 11.2. The lowest BCUT2D eigenvalue weighted by Crippen LogP contribution is -2.17. The topological polar surface area (TPSA) is 44.1 Å². The summed E-state index contributed by atoms with van der Waals surface area (Å²) in [7, 11) is 3.27. The third kappa shape index (κ3) is 1.76. The molecule has 3 rings (SSSR count). The van der Waals surface area contributed by atoms with Crippen molar-refractivity contribution in [2.24, 2.45) is 7.05 Å². The van der Waals surface area contributed by atoms with E-state index in [0.29, 0.717) is 16.2 Å². The summed E-state index contributed by atoms with van der Waals surface area (Å²) in [5.74, 6) is 0.501. The summed E-state index contributed by atoms with van der Waals surface area (Å²) in [4.78, 5) is 16.7. The van der Waals surface area contributed by atoms with Gasteiger partial charge in [0.15, 0.2) is 0 Å². The standard InChI is InChI=1S/C15H13ClN2O2/c1-8-4-10-9-5-12(16)14(20-3)6-11(9)15(19)18(2)13(10)7-17-8/h4-7H,1-3H3. The molecule has 0 N–H and O–H groups in total. The largest absolute Gasteiger partial charge is 0.495 e. The van der Waals surface area contributed by atoms with E-state index in [4.69, 9.17) is 16.3 Å². The number of pyridine rings is 2. The number of ether oxygens (including phenoxy) is 1. The minimum Gasteiger partial charge on any atom is -0.495 e. The van der Waals surface area contributed by atoms with Crippen LogP contribution in [0.4, 0.5) is 0 Å². The quantitative estimate of drug-likeness (QED) is 0.647. The van der Waals surface area contributed by atoms with E-state index in [1.54, 1.807) is 29.9 Å². The summed E-state index contributed by atoms with van der Waals surface area (Å²) in [6, 6.07) is 5.42. The van der Waals surface area contributed by atoms with Gasteiger partial charge >= 0.3 is 0 Å². The fourth-order valence-electron chi connectivity index (χ4n) is 2.44. The van der Waals surface area contributed by atoms with Crippen molar-refractivity contribution in [3.63, 3.8) is 0 Å². The Morgan fingerprint density at radius 2 is 1.95 bits per heavy atom. The molecule has 5 heteroatoms. The van der Waals surface area contributed by atoms with Crippen LogP contribution in [-0.2, 0) is 7.05 Å². The number of fused-ring (bicyclic) bond motifs is 3. The maximum absolute atomic E-state index is 12.4. The van der Waals surface area contributed by atoms with Crippen molar-refractivity contribution in [2.45, 2.75) is 6.92 Å². The molecule has 0 fully saturated rings. The average Bonchev–Trinajstić information content (AvgIpc) is 2.44. The van der Waals surface area contributed by atoms with Gasteiger partial charge in [0, 0.05) is 18.1 Å². The zero-order chi connectivity index (χ0) is 14.4. The van der Waals surface area contributed by atoms with Crippen molar-refractivity contribution in [1.82, 2.24) is 9.55 Å². The minimum atomic E-state index is -0.0897. The first-order valence-corrected chi connectivity index (χ1v) is 6.53. The van der Waals surface area contributed by atoms with E-state index < -0.39 is 0 Å². The molecular formula is C15H13ClN2O2. The van der Waals surface area contributed by atoms with Crippen LogP contribution in [-0.4, -0.2) is 16.7 Å². The van der Waals surface area contributed by atoms with Crippen molar-refractivity contribution in [3.8, 4) is 5.75 Å². The molecule has 0 aliphatic carbocycles. The van der Waals surface area contributed by atoms with Crippen LogP contribution in [0.2, 0.25) is 5.02 Å². The van der Waals surface area contributed by atoms with Crippen molar-refractivity contribution in [2.75, 3.05) is 7.11 Å². The van der Waals surface area contributed by atoms with Crippen LogP contribution < -0.4 is 10.3 Å². The van der Waals surface area contributed by atoms with Crippen LogP contribution in [0.3, 0.4) is 0 Å². The SMILES string of the molecule is COc1cc2c(=O)n(C)c3cnc(C)cc3c2cc1Cl. The Morgan fingerprint density at radius 1 is 1.20 bits per heavy atom. The number of methoxy groups -OCH3 is 1. The summed E-state index contributed by atoms with van der Waals surface area (Å²) in [6.45, 7) is 1.92. The summed E-state index contributed by atoms with van der Waals surface area (Å²) < 4.78 is 6.79. The Balaban J connectivity index is 2.62. The molecule has 102 valence electrons. The highest BCUT2D eigenvalue weighted by atomic mass is 35.5. The molecule has 3 aromatic rings. The first-order chi connectivity index (χ1) is 9.52. The molecule has 0 amide bonds. The van der Waals surface area contributed by atoms with Gasteiger partial charge in [0.05, 0.1) is 29.2 Å². The van der Waals surface area contributed by atoms with Crippen molar-refractivity contribution in [3.05, 3.63) is 45.5 Å². The van der Waals surface area contributed by atoms with Gasteiger partial charge in [-0.15, -0.1) is 0 Å². The molecule has 0 saturated heterocycles. The van der Waals surface area contributed by atoms with Gasteiger partial charge in [-0.1, -0.05) is 11.6 Å². The fourth-order valence-corrected chi connectivity index (χ4v) is 2.68. The maximum Gasteiger partial charge on any atom is 0.258 e. The number of rotatable bonds is 1. The second kappa shape index (κ2) is 4.49. The third-order valence-corrected chi connectivity index (χ3v) is 3.79. The number of aryl methyl sites for hydroxylation is 2. The van der Waals surface area contributed by atoms with Gasteiger partial charge < -0.3 is 9.30 Å². The predicted octanol–water partition coefficient (Wildman–Crippen LogP) is 3.06. The molecule has 0 aliphatic rings. The molecule has 20 heavy (non-hydrogen) atoms. The molecule has 0 unspecified atom stereocenters. The number of hydrogen-bond donors (Lipinski definition) is 0. The lowest BCUT2D eigenvalue weighted by molar-refractivity contribution is 0.415. The van der Waals surface area contributed by atoms with Crippen LogP contribution in [0, 0.1) is 6.92 Å². The fraction of sp³-hybridized carbons (Fsp3) is 0.200. The van der Waals surface area contributed by atoms with Gasteiger partial charge in [-0.05, 0) is 30.5 Å². The van der Waals surface area contributed by atoms with Gasteiger partial charge in [0.25, 0.3) is 5.56 Å². The lowest BCUT2D eigenvalue weighted by Gasteiger charge is -2.11. The maximum atomic E-state index is 12.4. The van der Waals surface area contributed by atoms with Gasteiger partial charge in [0.2, 0.25) is 0 Å². The van der Waals surface area contributed by atoms with E-state index in [-0.39, 0.29) is 5.56 Å². The summed E-state index contributed by atoms with van der Waals surface area (Å²) >= 11 is 6.19. The predicted molar refractivity (Wildman–Crippen MR) is 80.8 cm³/mol. The second-order valence-corrected chi connectivity index (χ2v) is 5.15. The van der Waals surface area contributed by atoms with Crippen LogP contribution >= 0.6 is 11.6 Å². The molecule has 2 aromatic heterocycles. The van der Waals surface area contributed by atoms with Crippen LogP contribution in [0.5, 0.6) is 5.75 Å². The highest BCUT2D eigenvalue weighted by Crippen LogP contribution is 2.32. The number of aromatic nitrogens is 2. The van der Waals surface area contributed by atoms with Crippen LogP contribution in [0.1, 0.15) is 5.69 Å². The Morgan fingerprint density at radius 3 is 2.65 bits per heavy atom. The van der Waals surface area contributed by atoms with E-state index >= 15 is 0 Å². The van der Waals surface area contributed by atoms with Gasteiger partial charge in [-0.25, -0.2) is 0 Å². The third-order valence-electron chi connectivity index (χ3n) is 3.50. The highest BCUT2D eigenvalue weighted by Gasteiger charge is 2.12. The van der Waals surface area contributed by atoms with Crippen molar-refractivity contribution in [1.29, 1.82) is 0 Å². The van der Waals surface area contributed by atoms with Crippen LogP contribution in [0.15, 0.2) is 29.2 Å². The number of halogens is 1. The molecule has 0 saturated carbocycles. The summed E-state index contributed by atoms with van der Waals surface area (Å²) in [5.41, 5.74) is 1.59. The molecule has 0 aliphatic heterocycles. The zero-order valence-electron chi connectivity index (χ0n) is 11.4. The molecule has 2 heterocycles. The highest BCUT2D eigenvalue weighted by molar-refractivity contribution is 6.33. The minimum absolute atomic E-state index is 0.0897. The number of hydrogen-bond acceptors (Lipinski definition) is 3. The molecule has 0 bridgehead atoms. The number of benzene rings is 1. The average molecular weight is 289 g/mol. The van der Waals surface area contributed by atoms with E-state index in [9.17, 15) is 4.79 Å². The van der Waals surface area contributed by atoms with E-state index in [0.717, 1.165) is 22.0 Å². The zero-order valence-corrected chi connectivity index (χ0v) is 12.2. The first kappa shape index (κ1) is 12.9. The van der Waals surface area contributed by atoms with Crippen molar-refractivity contribution >= 4 is 33.3 Å². The van der Waals surface area contributed by atoms with Crippen molar-refractivity contribution < 1.29 is 4.74 Å². The molecule has 4 nitrogen and oxygen atoms in total. The second-order valence-electron chi connectivity index (χ2n) is 4.74. The van der Waals surface area contributed by atoms with E-state index in [1.807, 2.05) is 13.0 Å². The van der Waals surface area contributed by atoms with Gasteiger partial charge in [-0.2, -0.15) is 0 Å². The molecule has 0 spiro atoms. The lowest BCUT2D eigenvalue weighted by atomic mass is 10.1.